The van der Waals surface area contributed by atoms with E-state index < -0.39 is 5.97 Å². The Bertz CT molecular complexity index is 1580. The van der Waals surface area contributed by atoms with Gasteiger partial charge in [-0.3, -0.25) is 9.20 Å². The lowest BCUT2D eigenvalue weighted by Gasteiger charge is -2.13. The van der Waals surface area contributed by atoms with E-state index in [0.717, 1.165) is 22.3 Å². The van der Waals surface area contributed by atoms with Crippen LogP contribution in [0.3, 0.4) is 0 Å². The van der Waals surface area contributed by atoms with Crippen molar-refractivity contribution in [3.8, 4) is 5.69 Å². The Hall–Kier alpha value is -3.85. The number of para-hydroxylation sites is 1. The highest BCUT2D eigenvalue weighted by Gasteiger charge is 2.19. The number of aromatic nitrogens is 4. The maximum absolute atomic E-state index is 13.5. The van der Waals surface area contributed by atoms with Gasteiger partial charge in [0, 0.05) is 0 Å². The number of methoxy groups -OCH3 is 1. The molecule has 0 saturated carbocycles. The average molecular weight is 461 g/mol. The minimum atomic E-state index is -0.525. The summed E-state index contributed by atoms with van der Waals surface area (Å²) in [5, 5.41) is 9.93. The van der Waals surface area contributed by atoms with Gasteiger partial charge in [-0.15, -0.1) is 10.2 Å². The molecule has 8 nitrogen and oxygen atoms in total. The zero-order valence-electron chi connectivity index (χ0n) is 18.2. The molecule has 0 atom stereocenters. The molecular formula is C24H20N4O4S. The number of furan rings is 1. The Kier molecular flexibility index (Phi) is 5.26. The Morgan fingerprint density at radius 1 is 1.09 bits per heavy atom. The molecule has 3 heterocycles. The Morgan fingerprint density at radius 3 is 2.70 bits per heavy atom. The lowest BCUT2D eigenvalue weighted by atomic mass is 10.1. The molecule has 5 rings (SSSR count). The third-order valence-corrected chi connectivity index (χ3v) is 6.33. The average Bonchev–Trinajstić information content (AvgIpc) is 3.46. The molecule has 0 saturated heterocycles. The van der Waals surface area contributed by atoms with Crippen molar-refractivity contribution in [2.75, 3.05) is 7.11 Å². The zero-order valence-corrected chi connectivity index (χ0v) is 19.0. The van der Waals surface area contributed by atoms with Gasteiger partial charge >= 0.3 is 5.97 Å². The molecule has 2 aromatic carbocycles. The molecule has 0 amide bonds. The minimum absolute atomic E-state index is 0.147. The van der Waals surface area contributed by atoms with Crippen molar-refractivity contribution in [3.63, 3.8) is 0 Å². The van der Waals surface area contributed by atoms with Gasteiger partial charge in [0.2, 0.25) is 11.5 Å². The van der Waals surface area contributed by atoms with Crippen molar-refractivity contribution >= 4 is 34.4 Å². The molecule has 0 N–H and O–H groups in total. The number of carbonyl (C=O) groups is 1. The number of fused-ring (bicyclic) bond motifs is 3. The second-order valence-electron chi connectivity index (χ2n) is 7.61. The van der Waals surface area contributed by atoms with Crippen LogP contribution in [0, 0.1) is 13.8 Å². The topological polar surface area (TPSA) is 91.6 Å². The number of ether oxygens (including phenoxy) is 1. The third-order valence-electron chi connectivity index (χ3n) is 5.38. The molecule has 0 aliphatic carbocycles. The Balaban J connectivity index is 1.65. The highest BCUT2D eigenvalue weighted by atomic mass is 32.2. The molecule has 3 aromatic heterocycles. The fourth-order valence-electron chi connectivity index (χ4n) is 3.85. The predicted octanol–water partition coefficient (Wildman–Crippen LogP) is 4.32. The quantitative estimate of drug-likeness (QED) is 0.285. The van der Waals surface area contributed by atoms with E-state index in [1.165, 1.54) is 18.9 Å². The summed E-state index contributed by atoms with van der Waals surface area (Å²) in [5.41, 5.74) is 3.42. The summed E-state index contributed by atoms with van der Waals surface area (Å²) < 4.78 is 13.7. The SMILES string of the molecule is COC(=O)c1ccc(CSc2nnc3n(-c4ccc(C)cc4C)c(=O)c4ccccc4n23)o1. The maximum atomic E-state index is 13.5. The number of carbonyl (C=O) groups excluding carboxylic acids is 1. The lowest BCUT2D eigenvalue weighted by molar-refractivity contribution is 0.0563. The van der Waals surface area contributed by atoms with Gasteiger partial charge < -0.3 is 9.15 Å². The molecule has 0 aliphatic heterocycles. The van der Waals surface area contributed by atoms with Crippen molar-refractivity contribution < 1.29 is 13.9 Å². The van der Waals surface area contributed by atoms with E-state index in [9.17, 15) is 9.59 Å². The highest BCUT2D eigenvalue weighted by molar-refractivity contribution is 7.98. The van der Waals surface area contributed by atoms with E-state index in [0.29, 0.717) is 27.8 Å². The molecule has 0 bridgehead atoms. The number of aryl methyl sites for hydroxylation is 2. The first kappa shape index (κ1) is 21.0. The molecule has 0 aliphatic rings. The van der Waals surface area contributed by atoms with Crippen molar-refractivity contribution in [2.24, 2.45) is 0 Å². The van der Waals surface area contributed by atoms with Crippen LogP contribution in [0.4, 0.5) is 0 Å². The molecule has 9 heteroatoms. The molecular weight excluding hydrogens is 440 g/mol. The monoisotopic (exact) mass is 460 g/mol. The smallest absolute Gasteiger partial charge is 0.373 e. The first-order valence-electron chi connectivity index (χ1n) is 10.2. The summed E-state index contributed by atoms with van der Waals surface area (Å²) in [6, 6.07) is 16.7. The molecule has 0 unspecified atom stereocenters. The first-order chi connectivity index (χ1) is 16.0. The summed E-state index contributed by atoms with van der Waals surface area (Å²) in [6.07, 6.45) is 0. The number of hydrogen-bond acceptors (Lipinski definition) is 7. The van der Waals surface area contributed by atoms with Crippen LogP contribution >= 0.6 is 11.8 Å². The second-order valence-corrected chi connectivity index (χ2v) is 8.55. The number of thioether (sulfide) groups is 1. The van der Waals surface area contributed by atoms with Gasteiger partial charge in [-0.05, 0) is 49.7 Å². The van der Waals surface area contributed by atoms with E-state index in [1.54, 1.807) is 22.8 Å². The van der Waals surface area contributed by atoms with Crippen molar-refractivity contribution in [1.29, 1.82) is 0 Å². The summed E-state index contributed by atoms with van der Waals surface area (Å²) in [4.78, 5) is 25.1. The van der Waals surface area contributed by atoms with E-state index in [2.05, 4.69) is 10.2 Å². The highest BCUT2D eigenvalue weighted by Crippen LogP contribution is 2.27. The fraction of sp³-hybridized carbons (Fsp3) is 0.167. The molecule has 0 radical (unpaired) electrons. The largest absolute Gasteiger partial charge is 0.463 e. The molecule has 0 fully saturated rings. The Morgan fingerprint density at radius 2 is 1.91 bits per heavy atom. The van der Waals surface area contributed by atoms with Gasteiger partial charge in [-0.25, -0.2) is 9.36 Å². The van der Waals surface area contributed by atoms with Crippen molar-refractivity contribution in [2.45, 2.75) is 24.8 Å². The van der Waals surface area contributed by atoms with Gasteiger partial charge in [0.05, 0.1) is 29.5 Å². The summed E-state index contributed by atoms with van der Waals surface area (Å²) in [5.74, 6) is 1.08. The predicted molar refractivity (Wildman–Crippen MR) is 125 cm³/mol. The number of rotatable bonds is 5. The van der Waals surface area contributed by atoms with Crippen LogP contribution in [0.15, 0.2) is 69.0 Å². The number of nitrogens with zero attached hydrogens (tertiary/aromatic N) is 4. The number of esters is 1. The number of benzene rings is 2. The van der Waals surface area contributed by atoms with Crippen LogP contribution in [0.2, 0.25) is 0 Å². The third kappa shape index (κ3) is 3.60. The summed E-state index contributed by atoms with van der Waals surface area (Å²) in [7, 11) is 1.31. The zero-order chi connectivity index (χ0) is 23.1. The van der Waals surface area contributed by atoms with Gasteiger partial charge in [0.25, 0.3) is 5.56 Å². The van der Waals surface area contributed by atoms with Crippen LogP contribution in [0.25, 0.3) is 22.4 Å². The lowest BCUT2D eigenvalue weighted by Crippen LogP contribution is -2.22. The summed E-state index contributed by atoms with van der Waals surface area (Å²) in [6.45, 7) is 3.99. The first-order valence-corrected chi connectivity index (χ1v) is 11.2. The van der Waals surface area contributed by atoms with Gasteiger partial charge in [-0.2, -0.15) is 0 Å². The van der Waals surface area contributed by atoms with Gasteiger partial charge in [0.15, 0.2) is 5.16 Å². The van der Waals surface area contributed by atoms with Crippen LogP contribution < -0.4 is 5.56 Å². The van der Waals surface area contributed by atoms with Crippen molar-refractivity contribution in [1.82, 2.24) is 19.2 Å². The second kappa shape index (κ2) is 8.25. The molecule has 0 spiro atoms. The normalized spacial score (nSPS) is 11.4. The van der Waals surface area contributed by atoms with Crippen molar-refractivity contribution in [3.05, 3.63) is 87.6 Å². The molecule has 5 aromatic rings. The van der Waals surface area contributed by atoms with Crippen LogP contribution in [-0.4, -0.2) is 32.2 Å². The van der Waals surface area contributed by atoms with Crippen LogP contribution in [0.1, 0.15) is 27.4 Å². The van der Waals surface area contributed by atoms with Crippen LogP contribution in [-0.2, 0) is 10.5 Å². The van der Waals surface area contributed by atoms with E-state index in [1.807, 2.05) is 54.6 Å². The van der Waals surface area contributed by atoms with Gasteiger partial charge in [0.1, 0.15) is 5.76 Å². The van der Waals surface area contributed by atoms with E-state index in [-0.39, 0.29) is 11.3 Å². The fourth-order valence-corrected chi connectivity index (χ4v) is 4.68. The summed E-state index contributed by atoms with van der Waals surface area (Å²) >= 11 is 1.40. The van der Waals surface area contributed by atoms with Crippen LogP contribution in [0.5, 0.6) is 0 Å². The van der Waals surface area contributed by atoms with E-state index in [4.69, 9.17) is 9.15 Å². The maximum Gasteiger partial charge on any atom is 0.373 e. The molecule has 166 valence electrons. The van der Waals surface area contributed by atoms with Gasteiger partial charge in [-0.1, -0.05) is 41.6 Å². The number of hydrogen-bond donors (Lipinski definition) is 0. The standard InChI is InChI=1S/C24H20N4O4S/c1-14-8-10-18(15(2)12-14)27-21(29)17-6-4-5-7-19(17)28-23(27)25-26-24(28)33-13-16-9-11-20(32-16)22(30)31-3/h4-12H,13H2,1-3H3. The van der Waals surface area contributed by atoms with E-state index >= 15 is 0 Å². The Labute approximate surface area is 192 Å². The molecule has 33 heavy (non-hydrogen) atoms. The minimum Gasteiger partial charge on any atom is -0.463 e.